The van der Waals surface area contributed by atoms with Crippen molar-refractivity contribution in [1.82, 2.24) is 9.97 Å². The predicted octanol–water partition coefficient (Wildman–Crippen LogP) is 3.88. The van der Waals surface area contributed by atoms with Crippen LogP contribution in [0.1, 0.15) is 58.7 Å². The fourth-order valence-electron chi connectivity index (χ4n) is 2.98. The highest BCUT2D eigenvalue weighted by molar-refractivity contribution is 5.49. The molecule has 1 N–H and O–H groups in total. The quantitative estimate of drug-likeness (QED) is 0.863. The fraction of sp³-hybridized carbons (Fsp3) is 0.765. The number of hydrogen-bond donors (Lipinski definition) is 1. The van der Waals surface area contributed by atoms with Gasteiger partial charge in [-0.2, -0.15) is 0 Å². The summed E-state index contributed by atoms with van der Waals surface area (Å²) in [7, 11) is 2.19. The lowest BCUT2D eigenvalue weighted by Crippen LogP contribution is -2.35. The molecule has 0 bridgehead atoms. The van der Waals surface area contributed by atoms with Crippen LogP contribution in [0.2, 0.25) is 0 Å². The molecule has 0 saturated heterocycles. The maximum absolute atomic E-state index is 4.73. The molecule has 4 nitrogen and oxygen atoms in total. The molecule has 1 saturated carbocycles. The van der Waals surface area contributed by atoms with Crippen molar-refractivity contribution in [3.63, 3.8) is 0 Å². The van der Waals surface area contributed by atoms with Crippen LogP contribution in [0, 0.1) is 5.92 Å². The molecule has 4 heteroatoms. The predicted molar refractivity (Wildman–Crippen MR) is 90.0 cm³/mol. The molecule has 0 unspecified atom stereocenters. The maximum Gasteiger partial charge on any atom is 0.134 e. The Kier molecular flexibility index (Phi) is 5.83. The molecule has 0 spiro atoms. The summed E-state index contributed by atoms with van der Waals surface area (Å²) in [5.41, 5.74) is 0. The highest BCUT2D eigenvalue weighted by atomic mass is 15.2. The summed E-state index contributed by atoms with van der Waals surface area (Å²) < 4.78 is 0. The first-order valence-electron chi connectivity index (χ1n) is 8.48. The van der Waals surface area contributed by atoms with Crippen LogP contribution in [-0.2, 0) is 6.42 Å². The van der Waals surface area contributed by atoms with E-state index in [0.29, 0.717) is 6.04 Å². The largest absolute Gasteiger partial charge is 0.370 e. The Balaban J connectivity index is 2.13. The van der Waals surface area contributed by atoms with Crippen molar-refractivity contribution in [2.24, 2.45) is 5.92 Å². The average molecular weight is 290 g/mol. The van der Waals surface area contributed by atoms with E-state index < -0.39 is 0 Å². The van der Waals surface area contributed by atoms with Crippen molar-refractivity contribution in [3.05, 3.63) is 11.9 Å². The second-order valence-corrected chi connectivity index (χ2v) is 6.33. The van der Waals surface area contributed by atoms with Gasteiger partial charge >= 0.3 is 0 Å². The van der Waals surface area contributed by atoms with Gasteiger partial charge in [0, 0.05) is 32.1 Å². The van der Waals surface area contributed by atoms with Gasteiger partial charge in [0.15, 0.2) is 0 Å². The van der Waals surface area contributed by atoms with Gasteiger partial charge in [0.1, 0.15) is 17.5 Å². The molecule has 0 atom stereocenters. The van der Waals surface area contributed by atoms with E-state index >= 15 is 0 Å². The zero-order valence-electron chi connectivity index (χ0n) is 14.0. The van der Waals surface area contributed by atoms with E-state index in [1.807, 2.05) is 0 Å². The lowest BCUT2D eigenvalue weighted by atomic mass is 9.87. The first-order chi connectivity index (χ1) is 10.1. The summed E-state index contributed by atoms with van der Waals surface area (Å²) in [5.74, 6) is 3.85. The van der Waals surface area contributed by atoms with E-state index in [2.05, 4.69) is 49.1 Å². The lowest BCUT2D eigenvalue weighted by Gasteiger charge is -2.34. The van der Waals surface area contributed by atoms with Crippen molar-refractivity contribution in [1.29, 1.82) is 0 Å². The second kappa shape index (κ2) is 7.62. The number of aryl methyl sites for hydroxylation is 1. The SMILES string of the molecule is CCCNc1cc(N(C)C2CCC(C)CC2)nc(CC)n1. The molecule has 2 rings (SSSR count). The molecule has 118 valence electrons. The van der Waals surface area contributed by atoms with Gasteiger partial charge in [-0.15, -0.1) is 0 Å². The van der Waals surface area contributed by atoms with Gasteiger partial charge in [0.25, 0.3) is 0 Å². The van der Waals surface area contributed by atoms with E-state index in [-0.39, 0.29) is 0 Å². The van der Waals surface area contributed by atoms with Gasteiger partial charge in [-0.1, -0.05) is 20.8 Å². The molecule has 1 aliphatic carbocycles. The molecule has 1 aromatic rings. The lowest BCUT2D eigenvalue weighted by molar-refractivity contribution is 0.340. The molecule has 1 aliphatic rings. The number of anilines is 2. The van der Waals surface area contributed by atoms with Gasteiger partial charge in [0.2, 0.25) is 0 Å². The molecular weight excluding hydrogens is 260 g/mol. The normalized spacial score (nSPS) is 22.1. The van der Waals surface area contributed by atoms with E-state index in [1.165, 1.54) is 25.7 Å². The Labute approximate surface area is 129 Å². The zero-order valence-corrected chi connectivity index (χ0v) is 14.0. The number of hydrogen-bond acceptors (Lipinski definition) is 4. The van der Waals surface area contributed by atoms with Crippen LogP contribution in [0.5, 0.6) is 0 Å². The minimum absolute atomic E-state index is 0.625. The van der Waals surface area contributed by atoms with E-state index in [1.54, 1.807) is 0 Å². The van der Waals surface area contributed by atoms with Crippen molar-refractivity contribution in [2.75, 3.05) is 23.8 Å². The van der Waals surface area contributed by atoms with E-state index in [4.69, 9.17) is 4.98 Å². The molecule has 0 aromatic carbocycles. The summed E-state index contributed by atoms with van der Waals surface area (Å²) in [6.07, 6.45) is 7.21. The Morgan fingerprint density at radius 2 is 1.90 bits per heavy atom. The van der Waals surface area contributed by atoms with Gasteiger partial charge < -0.3 is 10.2 Å². The van der Waals surface area contributed by atoms with Gasteiger partial charge in [-0.25, -0.2) is 9.97 Å². The smallest absolute Gasteiger partial charge is 0.134 e. The highest BCUT2D eigenvalue weighted by Crippen LogP contribution is 2.29. The molecule has 1 aromatic heterocycles. The Morgan fingerprint density at radius 3 is 2.52 bits per heavy atom. The monoisotopic (exact) mass is 290 g/mol. The number of aromatic nitrogens is 2. The van der Waals surface area contributed by atoms with Crippen LogP contribution >= 0.6 is 0 Å². The van der Waals surface area contributed by atoms with Crippen LogP contribution in [-0.4, -0.2) is 29.6 Å². The van der Waals surface area contributed by atoms with Crippen LogP contribution in [0.3, 0.4) is 0 Å². The first-order valence-corrected chi connectivity index (χ1v) is 8.48. The number of rotatable bonds is 6. The summed E-state index contributed by atoms with van der Waals surface area (Å²) in [4.78, 5) is 11.7. The van der Waals surface area contributed by atoms with Crippen LogP contribution in [0.15, 0.2) is 6.07 Å². The Hall–Kier alpha value is -1.32. The molecule has 0 amide bonds. The fourth-order valence-corrected chi connectivity index (χ4v) is 2.98. The van der Waals surface area contributed by atoms with Crippen LogP contribution in [0.4, 0.5) is 11.6 Å². The maximum atomic E-state index is 4.73. The summed E-state index contributed by atoms with van der Waals surface area (Å²) in [6, 6.07) is 2.73. The third-order valence-electron chi connectivity index (χ3n) is 4.53. The number of nitrogens with zero attached hydrogens (tertiary/aromatic N) is 3. The Bertz CT molecular complexity index is 438. The van der Waals surface area contributed by atoms with Crippen LogP contribution < -0.4 is 10.2 Å². The van der Waals surface area contributed by atoms with Crippen molar-refractivity contribution < 1.29 is 0 Å². The second-order valence-electron chi connectivity index (χ2n) is 6.33. The molecule has 0 radical (unpaired) electrons. The van der Waals surface area contributed by atoms with Gasteiger partial charge in [-0.05, 0) is 38.0 Å². The van der Waals surface area contributed by atoms with Gasteiger partial charge in [0.05, 0.1) is 0 Å². The van der Waals surface area contributed by atoms with E-state index in [9.17, 15) is 0 Å². The third-order valence-corrected chi connectivity index (χ3v) is 4.53. The molecular formula is C17H30N4. The Morgan fingerprint density at radius 1 is 1.19 bits per heavy atom. The molecule has 21 heavy (non-hydrogen) atoms. The molecule has 1 fully saturated rings. The molecule has 0 aliphatic heterocycles. The van der Waals surface area contributed by atoms with Crippen molar-refractivity contribution >= 4 is 11.6 Å². The van der Waals surface area contributed by atoms with Crippen LogP contribution in [0.25, 0.3) is 0 Å². The summed E-state index contributed by atoms with van der Waals surface area (Å²) >= 11 is 0. The first kappa shape index (κ1) is 16.1. The standard InChI is InChI=1S/C17H30N4/c1-5-11-18-16-12-17(20-15(6-2)19-16)21(4)14-9-7-13(3)8-10-14/h12-14H,5-11H2,1-4H3,(H,18,19,20). The van der Waals surface area contributed by atoms with E-state index in [0.717, 1.165) is 42.8 Å². The van der Waals surface area contributed by atoms with Crippen molar-refractivity contribution in [3.8, 4) is 0 Å². The average Bonchev–Trinajstić information content (AvgIpc) is 2.52. The summed E-state index contributed by atoms with van der Waals surface area (Å²) in [6.45, 7) is 7.61. The number of nitrogens with one attached hydrogen (secondary N) is 1. The summed E-state index contributed by atoms with van der Waals surface area (Å²) in [5, 5.41) is 3.40. The van der Waals surface area contributed by atoms with Crippen molar-refractivity contribution in [2.45, 2.75) is 65.3 Å². The minimum atomic E-state index is 0.625. The third kappa shape index (κ3) is 4.32. The van der Waals surface area contributed by atoms with Gasteiger partial charge in [-0.3, -0.25) is 0 Å². The minimum Gasteiger partial charge on any atom is -0.370 e. The topological polar surface area (TPSA) is 41.0 Å². The molecule has 1 heterocycles. The zero-order chi connectivity index (χ0) is 15.2. The highest BCUT2D eigenvalue weighted by Gasteiger charge is 2.23.